The van der Waals surface area contributed by atoms with Gasteiger partial charge in [-0.3, -0.25) is 0 Å². The average Bonchev–Trinajstić information content (AvgIpc) is 2.47. The van der Waals surface area contributed by atoms with Crippen molar-refractivity contribution in [2.75, 3.05) is 6.61 Å². The zero-order valence-electron chi connectivity index (χ0n) is 12.8. The standard InChI is InChI=1S/C18H28ClO/c1-2-3-4-5-6-7-8-9-10-11-16-20-18-14-12-17(19)13-15-18/h12,14-15H,2-11,16H2,1H3. The van der Waals surface area contributed by atoms with Crippen molar-refractivity contribution in [3.63, 3.8) is 0 Å². The van der Waals surface area contributed by atoms with E-state index in [1.54, 1.807) is 6.07 Å². The average molecular weight is 296 g/mol. The van der Waals surface area contributed by atoms with Crippen LogP contribution in [0.4, 0.5) is 0 Å². The molecule has 0 amide bonds. The van der Waals surface area contributed by atoms with Gasteiger partial charge in [0, 0.05) is 11.1 Å². The summed E-state index contributed by atoms with van der Waals surface area (Å²) in [7, 11) is 0. The van der Waals surface area contributed by atoms with Crippen molar-refractivity contribution in [2.45, 2.75) is 71.1 Å². The van der Waals surface area contributed by atoms with Gasteiger partial charge >= 0.3 is 0 Å². The van der Waals surface area contributed by atoms with Crippen molar-refractivity contribution in [3.05, 3.63) is 29.3 Å². The molecule has 1 rings (SSSR count). The topological polar surface area (TPSA) is 9.23 Å². The van der Waals surface area contributed by atoms with Crippen molar-refractivity contribution in [1.29, 1.82) is 0 Å². The quantitative estimate of drug-likeness (QED) is 0.403. The first-order chi connectivity index (χ1) is 9.83. The molecule has 113 valence electrons. The first-order valence-corrected chi connectivity index (χ1v) is 8.50. The number of ether oxygens (including phenoxy) is 1. The summed E-state index contributed by atoms with van der Waals surface area (Å²) in [5.74, 6) is 0.866. The third kappa shape index (κ3) is 9.25. The van der Waals surface area contributed by atoms with Gasteiger partial charge in [0.25, 0.3) is 0 Å². The van der Waals surface area contributed by atoms with Gasteiger partial charge in [-0.15, -0.1) is 0 Å². The first-order valence-electron chi connectivity index (χ1n) is 8.13. The van der Waals surface area contributed by atoms with E-state index in [2.05, 4.69) is 13.0 Å². The highest BCUT2D eigenvalue weighted by Crippen LogP contribution is 2.15. The number of hydrogen-bond donors (Lipinski definition) is 0. The molecule has 0 heterocycles. The second-order valence-corrected chi connectivity index (χ2v) is 5.81. The summed E-state index contributed by atoms with van der Waals surface area (Å²) >= 11 is 5.77. The molecule has 1 aromatic carbocycles. The molecule has 0 aliphatic rings. The minimum Gasteiger partial charge on any atom is -0.494 e. The van der Waals surface area contributed by atoms with Crippen LogP contribution in [0.15, 0.2) is 18.2 Å². The molecule has 0 unspecified atom stereocenters. The Morgan fingerprint density at radius 2 is 1.50 bits per heavy atom. The molecule has 1 nitrogen and oxygen atoms in total. The first kappa shape index (κ1) is 17.4. The Bertz CT molecular complexity index is 321. The van der Waals surface area contributed by atoms with Gasteiger partial charge in [0.1, 0.15) is 5.75 Å². The van der Waals surface area contributed by atoms with E-state index in [1.807, 2.05) is 12.1 Å². The smallest absolute Gasteiger partial charge is 0.120 e. The van der Waals surface area contributed by atoms with Crippen LogP contribution in [0.25, 0.3) is 0 Å². The molecule has 1 aromatic rings. The third-order valence-corrected chi connectivity index (χ3v) is 3.75. The summed E-state index contributed by atoms with van der Waals surface area (Å²) in [6.45, 7) is 3.07. The Labute approximate surface area is 129 Å². The van der Waals surface area contributed by atoms with Crippen LogP contribution < -0.4 is 4.74 Å². The molecular formula is C18H28ClO. The Balaban J connectivity index is 1.84. The van der Waals surface area contributed by atoms with Gasteiger partial charge in [0.05, 0.1) is 6.61 Å². The molecule has 2 heteroatoms. The highest BCUT2D eigenvalue weighted by molar-refractivity contribution is 6.30. The number of halogens is 1. The Hall–Kier alpha value is -0.690. The van der Waals surface area contributed by atoms with Crippen molar-refractivity contribution >= 4 is 11.6 Å². The van der Waals surface area contributed by atoms with Crippen LogP contribution in [0.1, 0.15) is 71.1 Å². The lowest BCUT2D eigenvalue weighted by Crippen LogP contribution is -1.97. The lowest BCUT2D eigenvalue weighted by molar-refractivity contribution is 0.304. The van der Waals surface area contributed by atoms with Crippen LogP contribution in [0.2, 0.25) is 5.02 Å². The van der Waals surface area contributed by atoms with Gasteiger partial charge in [-0.1, -0.05) is 76.3 Å². The fraction of sp³-hybridized carbons (Fsp3) is 0.667. The van der Waals surface area contributed by atoms with Crippen molar-refractivity contribution in [3.8, 4) is 5.75 Å². The Morgan fingerprint density at radius 3 is 2.05 bits per heavy atom. The van der Waals surface area contributed by atoms with E-state index in [0.29, 0.717) is 5.02 Å². The van der Waals surface area contributed by atoms with Crippen LogP contribution >= 0.6 is 11.6 Å². The van der Waals surface area contributed by atoms with Gasteiger partial charge < -0.3 is 4.74 Å². The van der Waals surface area contributed by atoms with E-state index in [4.69, 9.17) is 16.3 Å². The van der Waals surface area contributed by atoms with E-state index < -0.39 is 0 Å². The van der Waals surface area contributed by atoms with Crippen molar-refractivity contribution in [1.82, 2.24) is 0 Å². The molecule has 0 bridgehead atoms. The van der Waals surface area contributed by atoms with Gasteiger partial charge in [-0.05, 0) is 24.6 Å². The van der Waals surface area contributed by atoms with Crippen LogP contribution in [-0.2, 0) is 0 Å². The molecule has 1 radical (unpaired) electrons. The molecule has 0 aliphatic heterocycles. The molecule has 0 fully saturated rings. The second-order valence-electron chi connectivity index (χ2n) is 5.40. The zero-order chi connectivity index (χ0) is 14.5. The number of hydrogen-bond acceptors (Lipinski definition) is 1. The maximum Gasteiger partial charge on any atom is 0.120 e. The molecule has 0 aliphatic carbocycles. The van der Waals surface area contributed by atoms with E-state index in [-0.39, 0.29) is 0 Å². The van der Waals surface area contributed by atoms with Crippen molar-refractivity contribution < 1.29 is 4.74 Å². The summed E-state index contributed by atoms with van der Waals surface area (Å²) < 4.78 is 5.64. The highest BCUT2D eigenvalue weighted by atomic mass is 35.5. The second kappa shape index (κ2) is 12.1. The van der Waals surface area contributed by atoms with Gasteiger partial charge in [-0.2, -0.15) is 0 Å². The number of benzene rings is 1. The minimum atomic E-state index is 0.635. The van der Waals surface area contributed by atoms with Gasteiger partial charge in [-0.25, -0.2) is 0 Å². The fourth-order valence-corrected chi connectivity index (χ4v) is 2.38. The maximum absolute atomic E-state index is 5.77. The van der Waals surface area contributed by atoms with Crippen LogP contribution in [0, 0.1) is 6.07 Å². The Morgan fingerprint density at radius 1 is 0.900 bits per heavy atom. The van der Waals surface area contributed by atoms with Crippen LogP contribution in [0.5, 0.6) is 5.75 Å². The monoisotopic (exact) mass is 295 g/mol. The molecule has 0 aromatic heterocycles. The highest BCUT2D eigenvalue weighted by Gasteiger charge is 1.95. The van der Waals surface area contributed by atoms with E-state index in [9.17, 15) is 0 Å². The summed E-state index contributed by atoms with van der Waals surface area (Å²) in [5, 5.41) is 0.635. The maximum atomic E-state index is 5.77. The number of unbranched alkanes of at least 4 members (excludes halogenated alkanes) is 9. The van der Waals surface area contributed by atoms with Gasteiger partial charge in [0.2, 0.25) is 0 Å². The molecule has 0 spiro atoms. The van der Waals surface area contributed by atoms with E-state index in [0.717, 1.165) is 18.8 Å². The van der Waals surface area contributed by atoms with E-state index in [1.165, 1.54) is 57.8 Å². The summed E-state index contributed by atoms with van der Waals surface area (Å²) in [6, 6.07) is 8.45. The van der Waals surface area contributed by atoms with Crippen LogP contribution in [0.3, 0.4) is 0 Å². The third-order valence-electron chi connectivity index (χ3n) is 3.51. The fourth-order valence-electron chi connectivity index (χ4n) is 2.26. The molecule has 0 N–H and O–H groups in total. The van der Waals surface area contributed by atoms with Gasteiger partial charge in [0.15, 0.2) is 0 Å². The minimum absolute atomic E-state index is 0.635. The lowest BCUT2D eigenvalue weighted by atomic mass is 10.1. The summed E-state index contributed by atoms with van der Waals surface area (Å²) in [5.41, 5.74) is 0. The van der Waals surface area contributed by atoms with Crippen molar-refractivity contribution in [2.24, 2.45) is 0 Å². The lowest BCUT2D eigenvalue weighted by Gasteiger charge is -2.06. The molecule has 20 heavy (non-hydrogen) atoms. The van der Waals surface area contributed by atoms with Crippen LogP contribution in [-0.4, -0.2) is 6.61 Å². The molecule has 0 saturated heterocycles. The largest absolute Gasteiger partial charge is 0.494 e. The predicted octanol–water partition coefficient (Wildman–Crippen LogP) is 6.44. The summed E-state index contributed by atoms with van der Waals surface area (Å²) in [4.78, 5) is 0. The van der Waals surface area contributed by atoms with E-state index >= 15 is 0 Å². The predicted molar refractivity (Wildman–Crippen MR) is 87.6 cm³/mol. The zero-order valence-corrected chi connectivity index (χ0v) is 13.6. The molecular weight excluding hydrogens is 268 g/mol. The Kier molecular flexibility index (Phi) is 10.5. The normalized spacial score (nSPS) is 10.7. The molecule has 0 saturated carbocycles. The SMILES string of the molecule is CCCCCCCCCCCCOc1c[c]c(Cl)cc1. The number of rotatable bonds is 12. The summed E-state index contributed by atoms with van der Waals surface area (Å²) in [6.07, 6.45) is 13.5. The molecule has 0 atom stereocenters.